The molecule has 1 fully saturated rings. The zero-order chi connectivity index (χ0) is 24.8. The number of carbonyl (C=O) groups excluding carboxylic acids is 2. The van der Waals surface area contributed by atoms with Gasteiger partial charge in [-0.1, -0.05) is 48.5 Å². The molecular formula is C28H34N2O5. The van der Waals surface area contributed by atoms with Gasteiger partial charge in [-0.2, -0.15) is 0 Å². The van der Waals surface area contributed by atoms with Crippen molar-refractivity contribution in [3.63, 3.8) is 0 Å². The summed E-state index contributed by atoms with van der Waals surface area (Å²) in [5, 5.41) is 14.9. The molecule has 0 spiro atoms. The summed E-state index contributed by atoms with van der Waals surface area (Å²) in [4.78, 5) is 35.7. The Morgan fingerprint density at radius 3 is 2.17 bits per heavy atom. The number of alkyl carbamates (subject to hydrolysis) is 1. The minimum absolute atomic E-state index is 0.0137. The van der Waals surface area contributed by atoms with E-state index in [1.165, 1.54) is 22.3 Å². The molecule has 1 atom stereocenters. The predicted octanol–water partition coefficient (Wildman–Crippen LogP) is 4.70. The average Bonchev–Trinajstić information content (AvgIpc) is 3.19. The summed E-state index contributed by atoms with van der Waals surface area (Å²) >= 11 is 0. The molecule has 2 aromatic carbocycles. The van der Waals surface area contributed by atoms with E-state index < -0.39 is 12.1 Å². The number of aliphatic carboxylic acids is 1. The third-order valence-electron chi connectivity index (χ3n) is 7.30. The van der Waals surface area contributed by atoms with Gasteiger partial charge in [0.1, 0.15) is 6.61 Å². The zero-order valence-electron chi connectivity index (χ0n) is 20.2. The van der Waals surface area contributed by atoms with Crippen LogP contribution in [0, 0.1) is 11.8 Å². The first-order valence-corrected chi connectivity index (χ1v) is 12.5. The number of hydrogen-bond donors (Lipinski definition) is 3. The second kappa shape index (κ2) is 11.4. The molecule has 2 amide bonds. The monoisotopic (exact) mass is 478 g/mol. The molecule has 0 radical (unpaired) electrons. The first-order chi connectivity index (χ1) is 16.9. The highest BCUT2D eigenvalue weighted by atomic mass is 16.5. The Morgan fingerprint density at radius 2 is 1.57 bits per heavy atom. The summed E-state index contributed by atoms with van der Waals surface area (Å²) in [7, 11) is 0. The molecule has 3 N–H and O–H groups in total. The van der Waals surface area contributed by atoms with E-state index in [2.05, 4.69) is 34.9 Å². The molecule has 7 nitrogen and oxygen atoms in total. The van der Waals surface area contributed by atoms with Gasteiger partial charge in [-0.25, -0.2) is 4.79 Å². The zero-order valence-corrected chi connectivity index (χ0v) is 20.2. The van der Waals surface area contributed by atoms with E-state index in [4.69, 9.17) is 9.84 Å². The van der Waals surface area contributed by atoms with Crippen molar-refractivity contribution in [3.8, 4) is 11.1 Å². The number of fused-ring (bicyclic) bond motifs is 3. The molecule has 2 aliphatic carbocycles. The van der Waals surface area contributed by atoms with Crippen LogP contribution in [0.15, 0.2) is 48.5 Å². The number of hydrogen-bond acceptors (Lipinski definition) is 4. The molecule has 7 heteroatoms. The summed E-state index contributed by atoms with van der Waals surface area (Å²) < 4.78 is 5.58. The molecule has 0 aromatic heterocycles. The van der Waals surface area contributed by atoms with Crippen LogP contribution in [0.5, 0.6) is 0 Å². The number of ether oxygens (including phenoxy) is 1. The Balaban J connectivity index is 1.16. The number of benzene rings is 2. The molecule has 35 heavy (non-hydrogen) atoms. The van der Waals surface area contributed by atoms with E-state index in [1.807, 2.05) is 31.2 Å². The Hall–Kier alpha value is -3.35. The third kappa shape index (κ3) is 6.21. The van der Waals surface area contributed by atoms with Gasteiger partial charge in [0.05, 0.1) is 5.92 Å². The molecule has 186 valence electrons. The third-order valence-corrected chi connectivity index (χ3v) is 7.30. The second-order valence-electron chi connectivity index (χ2n) is 9.77. The topological polar surface area (TPSA) is 105 Å². The van der Waals surface area contributed by atoms with Crippen LogP contribution in [0.25, 0.3) is 11.1 Å². The van der Waals surface area contributed by atoms with Crippen molar-refractivity contribution < 1.29 is 24.2 Å². The fourth-order valence-electron chi connectivity index (χ4n) is 5.22. The van der Waals surface area contributed by atoms with Crippen LogP contribution < -0.4 is 10.6 Å². The van der Waals surface area contributed by atoms with Crippen molar-refractivity contribution in [1.29, 1.82) is 0 Å². The van der Waals surface area contributed by atoms with Gasteiger partial charge >= 0.3 is 12.1 Å². The maximum Gasteiger partial charge on any atom is 0.407 e. The Labute approximate surface area is 206 Å². The van der Waals surface area contributed by atoms with Crippen LogP contribution in [0.2, 0.25) is 0 Å². The summed E-state index contributed by atoms with van der Waals surface area (Å²) in [6.45, 7) is 2.71. The second-order valence-corrected chi connectivity index (χ2v) is 9.77. The number of amides is 2. The highest BCUT2D eigenvalue weighted by Crippen LogP contribution is 2.44. The summed E-state index contributed by atoms with van der Waals surface area (Å²) in [5.74, 6) is -0.658. The maximum absolute atomic E-state index is 12.4. The van der Waals surface area contributed by atoms with E-state index in [0.29, 0.717) is 38.1 Å². The van der Waals surface area contributed by atoms with Crippen molar-refractivity contribution in [2.24, 2.45) is 11.8 Å². The molecule has 2 aliphatic rings. The lowest BCUT2D eigenvalue weighted by atomic mass is 9.82. The van der Waals surface area contributed by atoms with Crippen molar-refractivity contribution in [1.82, 2.24) is 10.6 Å². The highest BCUT2D eigenvalue weighted by Gasteiger charge is 2.29. The Morgan fingerprint density at radius 1 is 0.971 bits per heavy atom. The van der Waals surface area contributed by atoms with Crippen LogP contribution in [-0.2, 0) is 14.3 Å². The van der Waals surface area contributed by atoms with Gasteiger partial charge in [0.15, 0.2) is 0 Å². The van der Waals surface area contributed by atoms with Crippen molar-refractivity contribution in [3.05, 3.63) is 59.7 Å². The quantitative estimate of drug-likeness (QED) is 0.485. The first-order valence-electron chi connectivity index (χ1n) is 12.5. The Kier molecular flexibility index (Phi) is 8.06. The molecular weight excluding hydrogens is 444 g/mol. The predicted molar refractivity (Wildman–Crippen MR) is 133 cm³/mol. The van der Waals surface area contributed by atoms with Gasteiger partial charge in [-0.05, 0) is 67.2 Å². The Bertz CT molecular complexity index is 1020. The average molecular weight is 479 g/mol. The van der Waals surface area contributed by atoms with Crippen molar-refractivity contribution in [2.75, 3.05) is 13.2 Å². The highest BCUT2D eigenvalue weighted by molar-refractivity contribution is 5.79. The minimum atomic E-state index is -0.717. The van der Waals surface area contributed by atoms with Gasteiger partial charge in [0.25, 0.3) is 0 Å². The van der Waals surface area contributed by atoms with Gasteiger partial charge in [-0.15, -0.1) is 0 Å². The molecule has 2 aromatic rings. The normalized spacial score (nSPS) is 19.8. The molecule has 0 bridgehead atoms. The lowest BCUT2D eigenvalue weighted by Gasteiger charge is -2.26. The van der Waals surface area contributed by atoms with E-state index >= 15 is 0 Å². The van der Waals surface area contributed by atoms with Crippen LogP contribution in [0.4, 0.5) is 4.79 Å². The van der Waals surface area contributed by atoms with E-state index in [-0.39, 0.29) is 30.4 Å². The molecule has 0 saturated heterocycles. The first kappa shape index (κ1) is 24.8. The van der Waals surface area contributed by atoms with Crippen molar-refractivity contribution in [2.45, 2.75) is 57.4 Å². The maximum atomic E-state index is 12.4. The van der Waals surface area contributed by atoms with Crippen LogP contribution in [-0.4, -0.2) is 42.3 Å². The standard InChI is InChI=1S/C28H34N2O5/c1-18(10-15-26(31)29-16-19-11-13-20(14-12-19)27(32)33)30-28(34)35-17-25-23-8-4-2-6-21(23)22-7-3-5-9-24(22)25/h2-9,18-20,25H,10-17H2,1H3,(H,29,31)(H,30,34)(H,32,33). The number of rotatable bonds is 9. The van der Waals surface area contributed by atoms with Crippen LogP contribution in [0.3, 0.4) is 0 Å². The lowest BCUT2D eigenvalue weighted by molar-refractivity contribution is -0.143. The van der Waals surface area contributed by atoms with Gasteiger partial charge < -0.3 is 20.5 Å². The SMILES string of the molecule is CC(CCC(=O)NCC1CCC(C(=O)O)CC1)NC(=O)OCC1c2ccccc2-c2ccccc21. The van der Waals surface area contributed by atoms with Crippen LogP contribution >= 0.6 is 0 Å². The molecule has 0 aliphatic heterocycles. The summed E-state index contributed by atoms with van der Waals surface area (Å²) in [6.07, 6.45) is 3.37. The number of carboxylic acid groups (broad SMARTS) is 1. The molecule has 1 saturated carbocycles. The number of carboxylic acids is 1. The molecule has 4 rings (SSSR count). The van der Waals surface area contributed by atoms with Crippen LogP contribution in [0.1, 0.15) is 62.5 Å². The smallest absolute Gasteiger partial charge is 0.407 e. The van der Waals surface area contributed by atoms with E-state index in [0.717, 1.165) is 12.8 Å². The fraction of sp³-hybridized carbons (Fsp3) is 0.464. The lowest BCUT2D eigenvalue weighted by Crippen LogP contribution is -2.36. The molecule has 1 unspecified atom stereocenters. The number of carbonyl (C=O) groups is 3. The van der Waals surface area contributed by atoms with Crippen molar-refractivity contribution >= 4 is 18.0 Å². The largest absolute Gasteiger partial charge is 0.481 e. The van der Waals surface area contributed by atoms with Gasteiger partial charge in [-0.3, -0.25) is 9.59 Å². The van der Waals surface area contributed by atoms with Gasteiger partial charge in [0, 0.05) is 24.9 Å². The minimum Gasteiger partial charge on any atom is -0.481 e. The summed E-state index contributed by atoms with van der Waals surface area (Å²) in [5.41, 5.74) is 4.71. The van der Waals surface area contributed by atoms with Gasteiger partial charge in [0.2, 0.25) is 5.91 Å². The number of nitrogens with one attached hydrogen (secondary N) is 2. The molecule has 0 heterocycles. The van der Waals surface area contributed by atoms with E-state index in [1.54, 1.807) is 0 Å². The van der Waals surface area contributed by atoms with E-state index in [9.17, 15) is 14.4 Å². The summed E-state index contributed by atoms with van der Waals surface area (Å²) in [6, 6.07) is 16.2. The fourth-order valence-corrected chi connectivity index (χ4v) is 5.22.